The molecule has 0 spiro atoms. The van der Waals surface area contributed by atoms with Gasteiger partial charge in [-0.05, 0) is 19.3 Å². The topological polar surface area (TPSA) is 77.4 Å². The van der Waals surface area contributed by atoms with Crippen LogP contribution in [0, 0.1) is 0 Å². The van der Waals surface area contributed by atoms with Gasteiger partial charge in [0.25, 0.3) is 0 Å². The summed E-state index contributed by atoms with van der Waals surface area (Å²) < 4.78 is 23.0. The molecule has 6 heteroatoms. The van der Waals surface area contributed by atoms with E-state index in [0.717, 1.165) is 38.5 Å². The van der Waals surface area contributed by atoms with E-state index < -0.39 is 30.7 Å². The highest BCUT2D eigenvalue weighted by atomic mass is 16.7. The van der Waals surface area contributed by atoms with Crippen molar-refractivity contribution in [3.8, 4) is 0 Å². The molecule has 5 atom stereocenters. The molecule has 1 saturated heterocycles. The number of rotatable bonds is 13. The van der Waals surface area contributed by atoms with Crippen LogP contribution in [-0.2, 0) is 18.9 Å². The average Bonchev–Trinajstić information content (AvgIpc) is 2.58. The highest BCUT2D eigenvalue weighted by Gasteiger charge is 2.46. The molecule has 6 nitrogen and oxygen atoms in total. The van der Waals surface area contributed by atoms with Gasteiger partial charge in [-0.3, -0.25) is 0 Å². The van der Waals surface area contributed by atoms with E-state index >= 15 is 0 Å². The Hall–Kier alpha value is -0.240. The van der Waals surface area contributed by atoms with E-state index in [0.29, 0.717) is 26.4 Å². The van der Waals surface area contributed by atoms with Crippen molar-refractivity contribution in [1.29, 1.82) is 0 Å². The number of aliphatic hydroxyl groups is 2. The highest BCUT2D eigenvalue weighted by molar-refractivity contribution is 4.91. The summed E-state index contributed by atoms with van der Waals surface area (Å²) in [4.78, 5) is 0. The minimum atomic E-state index is -1.28. The molecule has 1 rings (SSSR count). The lowest BCUT2D eigenvalue weighted by Crippen LogP contribution is -2.60. The minimum absolute atomic E-state index is 0.328. The van der Waals surface area contributed by atoms with Crippen LogP contribution in [0.1, 0.15) is 59.3 Å². The third kappa shape index (κ3) is 7.33. The molecule has 0 bridgehead atoms. The molecule has 1 aliphatic heterocycles. The van der Waals surface area contributed by atoms with Gasteiger partial charge in [0.05, 0.1) is 6.61 Å². The van der Waals surface area contributed by atoms with Gasteiger partial charge in [-0.15, -0.1) is 0 Å². The van der Waals surface area contributed by atoms with Gasteiger partial charge in [0, 0.05) is 19.8 Å². The molecule has 0 aromatic carbocycles. The van der Waals surface area contributed by atoms with Crippen molar-refractivity contribution >= 4 is 0 Å². The lowest BCUT2D eigenvalue weighted by atomic mass is 9.98. The van der Waals surface area contributed by atoms with Crippen LogP contribution in [0.5, 0.6) is 0 Å². The Balaban J connectivity index is 2.68. The van der Waals surface area contributed by atoms with E-state index in [1.54, 1.807) is 0 Å². The predicted molar refractivity (Wildman–Crippen MR) is 91.9 cm³/mol. The van der Waals surface area contributed by atoms with Crippen molar-refractivity contribution in [2.75, 3.05) is 26.4 Å². The second-order valence-corrected chi connectivity index (χ2v) is 6.36. The van der Waals surface area contributed by atoms with Crippen LogP contribution >= 0.6 is 0 Å². The Morgan fingerprint density at radius 3 is 1.92 bits per heavy atom. The molecule has 2 N–H and O–H groups in total. The number of aliphatic hydroxyl groups excluding tert-OH is 2. The molecule has 0 amide bonds. The third-order valence-electron chi connectivity index (χ3n) is 4.17. The Labute approximate surface area is 146 Å². The summed E-state index contributed by atoms with van der Waals surface area (Å²) in [6, 6.07) is 0. The molecule has 0 radical (unpaired) electrons. The maximum absolute atomic E-state index is 10.3. The third-order valence-corrected chi connectivity index (χ3v) is 4.17. The van der Waals surface area contributed by atoms with Crippen LogP contribution < -0.4 is 0 Å². The van der Waals surface area contributed by atoms with E-state index in [4.69, 9.17) is 18.9 Å². The molecule has 5 unspecified atom stereocenters. The van der Waals surface area contributed by atoms with Crippen molar-refractivity contribution in [1.82, 2.24) is 0 Å². The van der Waals surface area contributed by atoms with Crippen LogP contribution in [0.25, 0.3) is 0 Å². The van der Waals surface area contributed by atoms with E-state index in [9.17, 15) is 10.2 Å². The van der Waals surface area contributed by atoms with E-state index in [1.165, 1.54) is 0 Å². The second kappa shape index (κ2) is 13.0. The predicted octanol–water partition coefficient (Wildman–Crippen LogP) is 2.25. The summed E-state index contributed by atoms with van der Waals surface area (Å²) in [6.07, 6.45) is 2.04. The fourth-order valence-corrected chi connectivity index (χ4v) is 2.61. The molecular formula is C18H36O6. The maximum Gasteiger partial charge on any atom is 0.184 e. The largest absolute Gasteiger partial charge is 0.385 e. The van der Waals surface area contributed by atoms with Gasteiger partial charge >= 0.3 is 0 Å². The zero-order valence-corrected chi connectivity index (χ0v) is 15.5. The standard InChI is InChI=1S/C18H36O6/c1-4-7-10-21-13-14-16(22-11-8-5-2)17(23-12-9-6-3)15(19)18(20)24-14/h14-20H,4-13H2,1-3H3. The second-order valence-electron chi connectivity index (χ2n) is 6.36. The summed E-state index contributed by atoms with van der Waals surface area (Å²) in [5.74, 6) is 0. The smallest absolute Gasteiger partial charge is 0.184 e. The molecule has 24 heavy (non-hydrogen) atoms. The van der Waals surface area contributed by atoms with Gasteiger partial charge in [0.1, 0.15) is 24.4 Å². The molecule has 0 aromatic heterocycles. The van der Waals surface area contributed by atoms with Gasteiger partial charge in [0.15, 0.2) is 6.29 Å². The van der Waals surface area contributed by atoms with Crippen molar-refractivity contribution in [2.24, 2.45) is 0 Å². The van der Waals surface area contributed by atoms with Gasteiger partial charge < -0.3 is 29.2 Å². The highest BCUT2D eigenvalue weighted by Crippen LogP contribution is 2.26. The summed E-state index contributed by atoms with van der Waals surface area (Å²) in [7, 11) is 0. The van der Waals surface area contributed by atoms with Crippen molar-refractivity contribution < 1.29 is 29.2 Å². The van der Waals surface area contributed by atoms with Gasteiger partial charge in [-0.2, -0.15) is 0 Å². The van der Waals surface area contributed by atoms with E-state index in [1.807, 2.05) is 0 Å². The number of hydrogen-bond acceptors (Lipinski definition) is 6. The van der Waals surface area contributed by atoms with Crippen molar-refractivity contribution in [3.05, 3.63) is 0 Å². The zero-order chi connectivity index (χ0) is 17.8. The minimum Gasteiger partial charge on any atom is -0.385 e. The summed E-state index contributed by atoms with van der Waals surface area (Å²) in [5, 5.41) is 20.3. The first kappa shape index (κ1) is 21.8. The first-order valence-electron chi connectivity index (χ1n) is 9.48. The lowest BCUT2D eigenvalue weighted by molar-refractivity contribution is -0.303. The quantitative estimate of drug-likeness (QED) is 0.497. The molecule has 1 fully saturated rings. The summed E-state index contributed by atoms with van der Waals surface area (Å²) in [6.45, 7) is 8.37. The van der Waals surface area contributed by atoms with Crippen LogP contribution in [0.4, 0.5) is 0 Å². The summed E-state index contributed by atoms with van der Waals surface area (Å²) in [5.41, 5.74) is 0. The normalized spacial score (nSPS) is 30.6. The molecule has 1 heterocycles. The van der Waals surface area contributed by atoms with Crippen LogP contribution in [-0.4, -0.2) is 67.3 Å². The summed E-state index contributed by atoms with van der Waals surface area (Å²) >= 11 is 0. The van der Waals surface area contributed by atoms with Gasteiger partial charge in [-0.25, -0.2) is 0 Å². The number of ether oxygens (including phenoxy) is 4. The Morgan fingerprint density at radius 2 is 1.33 bits per heavy atom. The molecular weight excluding hydrogens is 312 g/mol. The maximum atomic E-state index is 10.3. The van der Waals surface area contributed by atoms with Gasteiger partial charge in [-0.1, -0.05) is 40.0 Å². The fourth-order valence-electron chi connectivity index (χ4n) is 2.61. The van der Waals surface area contributed by atoms with Crippen LogP contribution in [0.3, 0.4) is 0 Å². The number of unbranched alkanes of at least 4 members (excludes halogenated alkanes) is 3. The van der Waals surface area contributed by atoms with Crippen LogP contribution in [0.15, 0.2) is 0 Å². The molecule has 144 valence electrons. The molecule has 0 saturated carbocycles. The van der Waals surface area contributed by atoms with Crippen molar-refractivity contribution in [2.45, 2.75) is 90.0 Å². The monoisotopic (exact) mass is 348 g/mol. The van der Waals surface area contributed by atoms with E-state index in [-0.39, 0.29) is 0 Å². The first-order valence-corrected chi connectivity index (χ1v) is 9.48. The van der Waals surface area contributed by atoms with Gasteiger partial charge in [0.2, 0.25) is 0 Å². The molecule has 0 aliphatic carbocycles. The Bertz CT molecular complexity index is 301. The van der Waals surface area contributed by atoms with Crippen LogP contribution in [0.2, 0.25) is 0 Å². The first-order chi connectivity index (χ1) is 11.7. The lowest BCUT2D eigenvalue weighted by Gasteiger charge is -2.42. The van der Waals surface area contributed by atoms with E-state index in [2.05, 4.69) is 20.8 Å². The SMILES string of the molecule is CCCCOCC1OC(O)C(O)C(OCCCC)C1OCCCC. The molecule has 1 aliphatic rings. The van der Waals surface area contributed by atoms with Crippen molar-refractivity contribution in [3.63, 3.8) is 0 Å². The Morgan fingerprint density at radius 1 is 0.792 bits per heavy atom. The number of hydrogen-bond donors (Lipinski definition) is 2. The molecule has 0 aromatic rings. The zero-order valence-electron chi connectivity index (χ0n) is 15.5. The Kier molecular flexibility index (Phi) is 11.8. The fraction of sp³-hybridized carbons (Fsp3) is 1.00. The average molecular weight is 348 g/mol.